The minimum atomic E-state index is 0.420. The van der Waals surface area contributed by atoms with Crippen LogP contribution < -0.4 is 4.90 Å². The summed E-state index contributed by atoms with van der Waals surface area (Å²) in [5.41, 5.74) is 8.25. The van der Waals surface area contributed by atoms with E-state index in [9.17, 15) is 0 Å². The highest BCUT2D eigenvalue weighted by Gasteiger charge is 2.24. The lowest BCUT2D eigenvalue weighted by Crippen LogP contribution is -2.14. The average molecular weight is 454 g/mol. The van der Waals surface area contributed by atoms with E-state index in [1.54, 1.807) is 12.3 Å². The summed E-state index contributed by atoms with van der Waals surface area (Å²) in [6.45, 7) is 0. The summed E-state index contributed by atoms with van der Waals surface area (Å²) in [5.74, 6) is 0. The molecule has 4 aromatic carbocycles. The predicted molar refractivity (Wildman–Crippen MR) is 139 cm³/mol. The Kier molecular flexibility index (Phi) is 5.10. The first kappa shape index (κ1) is 20.3. The molecule has 3 nitrogen and oxygen atoms in total. The largest absolute Gasteiger partial charge is 0.308 e. The molecule has 34 heavy (non-hydrogen) atoms. The van der Waals surface area contributed by atoms with E-state index in [0.29, 0.717) is 5.69 Å². The van der Waals surface area contributed by atoms with Crippen LogP contribution in [0.5, 0.6) is 0 Å². The van der Waals surface area contributed by atoms with E-state index < -0.39 is 0 Å². The number of anilines is 3. The zero-order valence-electron chi connectivity index (χ0n) is 18.2. The second-order valence-corrected chi connectivity index (χ2v) is 9.10. The molecule has 0 fully saturated rings. The lowest BCUT2D eigenvalue weighted by atomic mass is 9.95. The van der Waals surface area contributed by atoms with Crippen LogP contribution in [0.3, 0.4) is 0 Å². The van der Waals surface area contributed by atoms with Crippen LogP contribution in [-0.2, 0) is 0 Å². The maximum Gasteiger partial charge on any atom is 0.140 e. The van der Waals surface area contributed by atoms with Crippen molar-refractivity contribution < 1.29 is 0 Å². The van der Waals surface area contributed by atoms with Crippen molar-refractivity contribution >= 4 is 28.8 Å². The Morgan fingerprint density at radius 2 is 1.29 bits per heavy atom. The zero-order chi connectivity index (χ0) is 22.9. The molecule has 0 amide bonds. The average Bonchev–Trinajstić information content (AvgIpc) is 2.92. The van der Waals surface area contributed by atoms with E-state index in [-0.39, 0.29) is 0 Å². The second-order valence-electron chi connectivity index (χ2n) is 8.01. The minimum Gasteiger partial charge on any atom is -0.308 e. The lowest BCUT2D eigenvalue weighted by Gasteiger charge is -2.33. The number of rotatable bonds is 3. The van der Waals surface area contributed by atoms with Gasteiger partial charge < -0.3 is 4.90 Å². The number of hydrogen-bond donors (Lipinski definition) is 0. The van der Waals surface area contributed by atoms with Crippen molar-refractivity contribution in [2.45, 2.75) is 9.79 Å². The fraction of sp³-hybridized carbons (Fsp3) is 0. The second kappa shape index (κ2) is 8.55. The molecule has 0 bridgehead atoms. The maximum absolute atomic E-state index is 9.11. The van der Waals surface area contributed by atoms with Gasteiger partial charge in [0.05, 0.1) is 11.4 Å². The van der Waals surface area contributed by atoms with E-state index in [0.717, 1.165) is 27.9 Å². The molecule has 160 valence electrons. The van der Waals surface area contributed by atoms with E-state index in [4.69, 9.17) is 5.26 Å². The summed E-state index contributed by atoms with van der Waals surface area (Å²) in [4.78, 5) is 9.11. The van der Waals surface area contributed by atoms with Gasteiger partial charge in [-0.25, -0.2) is 4.98 Å². The first-order valence-electron chi connectivity index (χ1n) is 11.0. The number of nitrogens with zero attached hydrogens (tertiary/aromatic N) is 3. The Hall–Kier alpha value is -4.33. The fourth-order valence-corrected chi connectivity index (χ4v) is 5.46. The summed E-state index contributed by atoms with van der Waals surface area (Å²) in [6, 6.07) is 39.9. The minimum absolute atomic E-state index is 0.420. The Morgan fingerprint density at radius 1 is 0.647 bits per heavy atom. The van der Waals surface area contributed by atoms with Gasteiger partial charge in [0.15, 0.2) is 0 Å². The quantitative estimate of drug-likeness (QED) is 0.271. The third kappa shape index (κ3) is 3.53. The van der Waals surface area contributed by atoms with Crippen LogP contribution in [0.4, 0.5) is 17.1 Å². The molecule has 0 saturated heterocycles. The van der Waals surface area contributed by atoms with Crippen molar-refractivity contribution in [2.75, 3.05) is 4.90 Å². The summed E-state index contributed by atoms with van der Waals surface area (Å²) < 4.78 is 0. The molecule has 6 rings (SSSR count). The van der Waals surface area contributed by atoms with Crippen LogP contribution in [0.15, 0.2) is 125 Å². The molecule has 0 unspecified atom stereocenters. The lowest BCUT2D eigenvalue weighted by molar-refractivity contribution is 1.17. The van der Waals surface area contributed by atoms with Crippen molar-refractivity contribution in [2.24, 2.45) is 0 Å². The fourth-order valence-electron chi connectivity index (χ4n) is 4.40. The van der Waals surface area contributed by atoms with Gasteiger partial charge in [0.1, 0.15) is 11.8 Å². The maximum atomic E-state index is 9.11. The third-order valence-corrected chi connectivity index (χ3v) is 7.09. The van der Waals surface area contributed by atoms with Crippen LogP contribution in [0.25, 0.3) is 22.3 Å². The molecule has 5 aromatic rings. The van der Waals surface area contributed by atoms with Gasteiger partial charge in [0.25, 0.3) is 0 Å². The van der Waals surface area contributed by atoms with Crippen molar-refractivity contribution in [1.82, 2.24) is 4.98 Å². The van der Waals surface area contributed by atoms with Gasteiger partial charge in [0, 0.05) is 27.2 Å². The third-order valence-electron chi connectivity index (χ3n) is 5.96. The van der Waals surface area contributed by atoms with Crippen molar-refractivity contribution in [3.63, 3.8) is 0 Å². The Balaban J connectivity index is 1.49. The first-order chi connectivity index (χ1) is 16.8. The molecule has 0 radical (unpaired) electrons. The number of hydrogen-bond acceptors (Lipinski definition) is 4. The summed E-state index contributed by atoms with van der Waals surface area (Å²) in [7, 11) is 0. The highest BCUT2D eigenvalue weighted by Crippen LogP contribution is 2.51. The van der Waals surface area contributed by atoms with Gasteiger partial charge in [-0.15, -0.1) is 0 Å². The van der Waals surface area contributed by atoms with Gasteiger partial charge >= 0.3 is 0 Å². The van der Waals surface area contributed by atoms with Gasteiger partial charge in [-0.2, -0.15) is 5.26 Å². The smallest absolute Gasteiger partial charge is 0.140 e. The number of para-hydroxylation sites is 2. The van der Waals surface area contributed by atoms with Gasteiger partial charge in [0.2, 0.25) is 0 Å². The topological polar surface area (TPSA) is 39.9 Å². The first-order valence-corrected chi connectivity index (χ1v) is 11.9. The molecule has 1 aliphatic heterocycles. The van der Waals surface area contributed by atoms with E-state index in [2.05, 4.69) is 107 Å². The van der Waals surface area contributed by atoms with Crippen molar-refractivity contribution in [3.8, 4) is 28.3 Å². The normalized spacial score (nSPS) is 11.9. The van der Waals surface area contributed by atoms with Crippen LogP contribution in [-0.4, -0.2) is 4.98 Å². The van der Waals surface area contributed by atoms with Gasteiger partial charge in [-0.1, -0.05) is 72.4 Å². The number of aromatic nitrogens is 1. The summed E-state index contributed by atoms with van der Waals surface area (Å²) >= 11 is 1.81. The molecule has 1 aliphatic rings. The Bertz CT molecular complexity index is 1500. The van der Waals surface area contributed by atoms with Crippen LogP contribution in [0, 0.1) is 11.3 Å². The molecule has 2 heterocycles. The number of benzene rings is 4. The standard InChI is InChI=1S/C30H19N3S/c31-19-23-17-16-22(20-32-23)26-11-2-1-10-25(26)21-8-7-9-24(18-21)33-27-12-3-5-14-29(27)34-30-15-6-4-13-28(30)33/h1-18,20H. The predicted octanol–water partition coefficient (Wildman–Crippen LogP) is 8.22. The Labute approximate surface area is 203 Å². The van der Waals surface area contributed by atoms with Crippen LogP contribution in [0.1, 0.15) is 5.69 Å². The van der Waals surface area contributed by atoms with E-state index in [1.165, 1.54) is 21.2 Å². The van der Waals surface area contributed by atoms with Crippen molar-refractivity contribution in [1.29, 1.82) is 5.26 Å². The summed E-state index contributed by atoms with van der Waals surface area (Å²) in [5, 5.41) is 9.11. The molecule has 0 saturated carbocycles. The van der Waals surface area contributed by atoms with E-state index in [1.807, 2.05) is 23.9 Å². The number of pyridine rings is 1. The molecule has 0 spiro atoms. The monoisotopic (exact) mass is 453 g/mol. The number of nitriles is 1. The molecular weight excluding hydrogens is 434 g/mol. The molecule has 0 atom stereocenters. The molecule has 1 aromatic heterocycles. The van der Waals surface area contributed by atoms with Gasteiger partial charge in [-0.3, -0.25) is 0 Å². The Morgan fingerprint density at radius 3 is 1.94 bits per heavy atom. The highest BCUT2D eigenvalue weighted by molar-refractivity contribution is 7.99. The van der Waals surface area contributed by atoms with Gasteiger partial charge in [-0.05, 0) is 65.2 Å². The molecule has 0 N–H and O–H groups in total. The van der Waals surface area contributed by atoms with E-state index >= 15 is 0 Å². The number of fused-ring (bicyclic) bond motifs is 2. The van der Waals surface area contributed by atoms with Crippen LogP contribution in [0.2, 0.25) is 0 Å². The molecule has 0 aliphatic carbocycles. The zero-order valence-corrected chi connectivity index (χ0v) is 19.0. The highest BCUT2D eigenvalue weighted by atomic mass is 32.2. The summed E-state index contributed by atoms with van der Waals surface area (Å²) in [6.07, 6.45) is 1.77. The van der Waals surface area contributed by atoms with Crippen molar-refractivity contribution in [3.05, 3.63) is 121 Å². The van der Waals surface area contributed by atoms with Crippen LogP contribution >= 0.6 is 11.8 Å². The molecular formula is C30H19N3S. The SMILES string of the molecule is N#Cc1ccc(-c2ccccc2-c2cccc(N3c4ccccc4Sc4ccccc43)c2)cn1. The molecule has 4 heteroatoms.